The van der Waals surface area contributed by atoms with Crippen LogP contribution in [0, 0.1) is 12.8 Å². The summed E-state index contributed by atoms with van der Waals surface area (Å²) in [6, 6.07) is 24.4. The first kappa shape index (κ1) is 26.7. The summed E-state index contributed by atoms with van der Waals surface area (Å²) in [5.74, 6) is -0.574. The second-order valence-corrected chi connectivity index (χ2v) is 10.4. The van der Waals surface area contributed by atoms with Gasteiger partial charge in [-0.3, -0.25) is 14.4 Å². The van der Waals surface area contributed by atoms with Gasteiger partial charge in [-0.05, 0) is 76.3 Å². The van der Waals surface area contributed by atoms with Gasteiger partial charge in [0.2, 0.25) is 5.91 Å². The highest BCUT2D eigenvalue weighted by Crippen LogP contribution is 2.33. The van der Waals surface area contributed by atoms with Gasteiger partial charge in [0.15, 0.2) is 6.61 Å². The summed E-state index contributed by atoms with van der Waals surface area (Å²) >= 11 is 9.53. The fraction of sp³-hybridized carbons (Fsp3) is 0.167. The van der Waals surface area contributed by atoms with Gasteiger partial charge in [0.05, 0.1) is 10.9 Å². The quantitative estimate of drug-likeness (QED) is 0.231. The minimum absolute atomic E-state index is 0.0101. The first-order valence-corrected chi connectivity index (χ1v) is 13.4. The second kappa shape index (κ2) is 11.5. The van der Waals surface area contributed by atoms with Gasteiger partial charge in [0.25, 0.3) is 5.91 Å². The van der Waals surface area contributed by atoms with Crippen LogP contribution in [0.5, 0.6) is 11.5 Å². The number of hydrogen-bond donors (Lipinski definition) is 1. The summed E-state index contributed by atoms with van der Waals surface area (Å²) in [5, 5.41) is 5.26. The number of nitrogens with one attached hydrogen (secondary N) is 1. The summed E-state index contributed by atoms with van der Waals surface area (Å²) < 4.78 is 12.0. The Kier molecular flexibility index (Phi) is 7.86. The van der Waals surface area contributed by atoms with Crippen molar-refractivity contribution in [2.24, 2.45) is 5.92 Å². The van der Waals surface area contributed by atoms with E-state index in [1.54, 1.807) is 48.2 Å². The van der Waals surface area contributed by atoms with Crippen molar-refractivity contribution in [1.29, 1.82) is 0 Å². The van der Waals surface area contributed by atoms with Gasteiger partial charge in [0.1, 0.15) is 11.5 Å². The lowest BCUT2D eigenvalue weighted by molar-refractivity contribution is -0.151. The van der Waals surface area contributed by atoms with Crippen LogP contribution in [0.3, 0.4) is 0 Å². The number of carbonyl (C=O) groups is 3. The van der Waals surface area contributed by atoms with Crippen molar-refractivity contribution >= 4 is 67.5 Å². The number of hydrogen-bond acceptors (Lipinski definition) is 5. The fourth-order valence-corrected chi connectivity index (χ4v) is 5.04. The van der Waals surface area contributed by atoms with Gasteiger partial charge in [-0.15, -0.1) is 0 Å². The number of amides is 2. The number of rotatable bonds is 7. The third-order valence-electron chi connectivity index (χ3n) is 6.54. The van der Waals surface area contributed by atoms with E-state index in [1.807, 2.05) is 42.5 Å². The van der Waals surface area contributed by atoms with E-state index in [0.29, 0.717) is 32.2 Å². The average Bonchev–Trinajstić information content (AvgIpc) is 3.34. The van der Waals surface area contributed by atoms with Crippen molar-refractivity contribution in [1.82, 2.24) is 0 Å². The number of fused-ring (bicyclic) bond motifs is 1. The van der Waals surface area contributed by atoms with E-state index >= 15 is 0 Å². The molecule has 1 N–H and O–H groups in total. The maximum absolute atomic E-state index is 12.7. The van der Waals surface area contributed by atoms with Crippen LogP contribution in [0.2, 0.25) is 5.02 Å². The van der Waals surface area contributed by atoms with Crippen molar-refractivity contribution in [3.05, 3.63) is 93.9 Å². The SMILES string of the molecule is Cc1c(NC(=O)COC(=O)[C@@H]2CC(=O)N(c3ccc(Oc4cccc5ccccc45)cc3)C2)ccc(Br)c1Cl. The standard InChI is InChI=1S/C30H24BrClN2O5/c1-18-25(14-13-24(31)29(18)32)33-27(35)17-38-30(37)20-15-28(36)34(16-20)21-9-11-22(12-10-21)39-26-8-4-6-19-5-2-3-7-23(19)26/h2-14,20H,15-17H2,1H3,(H,33,35)/t20-/m1/s1. The Balaban J connectivity index is 1.17. The molecule has 0 saturated carbocycles. The average molecular weight is 608 g/mol. The van der Waals surface area contributed by atoms with Crippen LogP contribution in [0.15, 0.2) is 83.3 Å². The molecule has 9 heteroatoms. The molecule has 0 radical (unpaired) electrons. The van der Waals surface area contributed by atoms with E-state index in [1.165, 1.54) is 0 Å². The minimum Gasteiger partial charge on any atom is -0.457 e. The highest BCUT2D eigenvalue weighted by atomic mass is 79.9. The zero-order chi connectivity index (χ0) is 27.5. The highest BCUT2D eigenvalue weighted by molar-refractivity contribution is 9.10. The van der Waals surface area contributed by atoms with Crippen LogP contribution in [-0.2, 0) is 19.1 Å². The number of benzene rings is 4. The van der Waals surface area contributed by atoms with Crippen molar-refractivity contribution in [3.63, 3.8) is 0 Å². The lowest BCUT2D eigenvalue weighted by Crippen LogP contribution is -2.28. The molecule has 1 aliphatic rings. The summed E-state index contributed by atoms with van der Waals surface area (Å²) in [4.78, 5) is 39.2. The monoisotopic (exact) mass is 606 g/mol. The number of anilines is 2. The maximum atomic E-state index is 12.7. The maximum Gasteiger partial charge on any atom is 0.311 e. The Morgan fingerprint density at radius 1 is 1.03 bits per heavy atom. The third-order valence-corrected chi connectivity index (χ3v) is 7.92. The van der Waals surface area contributed by atoms with Crippen LogP contribution >= 0.6 is 27.5 Å². The van der Waals surface area contributed by atoms with Crippen molar-refractivity contribution in [2.75, 3.05) is 23.4 Å². The van der Waals surface area contributed by atoms with Crippen LogP contribution in [0.25, 0.3) is 10.8 Å². The van der Waals surface area contributed by atoms with Crippen molar-refractivity contribution < 1.29 is 23.9 Å². The van der Waals surface area contributed by atoms with Crippen LogP contribution in [-0.4, -0.2) is 30.9 Å². The Hall–Kier alpha value is -3.88. The van der Waals surface area contributed by atoms with E-state index in [-0.39, 0.29) is 18.9 Å². The molecular weight excluding hydrogens is 584 g/mol. The van der Waals surface area contributed by atoms with E-state index in [0.717, 1.165) is 16.5 Å². The Morgan fingerprint density at radius 2 is 1.77 bits per heavy atom. The minimum atomic E-state index is -0.666. The van der Waals surface area contributed by atoms with E-state index in [4.69, 9.17) is 21.1 Å². The zero-order valence-corrected chi connectivity index (χ0v) is 23.3. The van der Waals surface area contributed by atoms with Gasteiger partial charge >= 0.3 is 5.97 Å². The molecule has 0 aromatic heterocycles. The molecule has 0 unspecified atom stereocenters. The normalized spacial score (nSPS) is 14.9. The van der Waals surface area contributed by atoms with E-state index in [2.05, 4.69) is 21.2 Å². The number of carbonyl (C=O) groups excluding carboxylic acids is 3. The van der Waals surface area contributed by atoms with Crippen LogP contribution < -0.4 is 15.0 Å². The van der Waals surface area contributed by atoms with Crippen LogP contribution in [0.1, 0.15) is 12.0 Å². The predicted molar refractivity (Wildman–Crippen MR) is 154 cm³/mol. The molecule has 1 heterocycles. The van der Waals surface area contributed by atoms with E-state index < -0.39 is 24.4 Å². The zero-order valence-electron chi connectivity index (χ0n) is 20.9. The van der Waals surface area contributed by atoms with Gasteiger partial charge in [0, 0.05) is 34.2 Å². The molecule has 2 amide bonds. The largest absolute Gasteiger partial charge is 0.457 e. The summed E-state index contributed by atoms with van der Waals surface area (Å²) in [5.41, 5.74) is 1.87. The molecule has 1 atom stereocenters. The summed E-state index contributed by atoms with van der Waals surface area (Å²) in [6.07, 6.45) is 0.0101. The fourth-order valence-electron chi connectivity index (χ4n) is 4.45. The molecule has 4 aromatic carbocycles. The molecule has 7 nitrogen and oxygen atoms in total. The topological polar surface area (TPSA) is 84.9 Å². The molecule has 1 fully saturated rings. The third kappa shape index (κ3) is 5.92. The Bertz CT molecular complexity index is 1570. The molecule has 39 heavy (non-hydrogen) atoms. The lowest BCUT2D eigenvalue weighted by atomic mass is 10.1. The van der Waals surface area contributed by atoms with Gasteiger partial charge in [-0.1, -0.05) is 48.0 Å². The van der Waals surface area contributed by atoms with Gasteiger partial charge < -0.3 is 19.7 Å². The molecule has 198 valence electrons. The van der Waals surface area contributed by atoms with Crippen LogP contribution in [0.4, 0.5) is 11.4 Å². The first-order valence-electron chi connectivity index (χ1n) is 12.3. The molecule has 1 aliphatic heterocycles. The Morgan fingerprint density at radius 3 is 2.56 bits per heavy atom. The predicted octanol–water partition coefficient (Wildman–Crippen LogP) is 6.89. The van der Waals surface area contributed by atoms with Gasteiger partial charge in [-0.2, -0.15) is 0 Å². The van der Waals surface area contributed by atoms with Crippen molar-refractivity contribution in [3.8, 4) is 11.5 Å². The Labute approximate surface area is 238 Å². The number of ether oxygens (including phenoxy) is 2. The smallest absolute Gasteiger partial charge is 0.311 e. The first-order chi connectivity index (χ1) is 18.8. The summed E-state index contributed by atoms with van der Waals surface area (Å²) in [7, 11) is 0. The second-order valence-electron chi connectivity index (χ2n) is 9.17. The number of esters is 1. The number of halogens is 2. The molecule has 1 saturated heterocycles. The number of nitrogens with zero attached hydrogens (tertiary/aromatic N) is 1. The molecule has 5 rings (SSSR count). The highest BCUT2D eigenvalue weighted by Gasteiger charge is 2.36. The molecule has 0 bridgehead atoms. The molecular formula is C30H24BrClN2O5. The summed E-state index contributed by atoms with van der Waals surface area (Å²) in [6.45, 7) is 1.48. The lowest BCUT2D eigenvalue weighted by Gasteiger charge is -2.17. The molecule has 0 aliphatic carbocycles. The van der Waals surface area contributed by atoms with Crippen molar-refractivity contribution in [2.45, 2.75) is 13.3 Å². The van der Waals surface area contributed by atoms with Gasteiger partial charge in [-0.25, -0.2) is 0 Å². The molecule has 4 aromatic rings. The molecule has 0 spiro atoms. The van der Waals surface area contributed by atoms with E-state index in [9.17, 15) is 14.4 Å².